The molecular formula is C17H24N2O2. The quantitative estimate of drug-likeness (QED) is 0.457. The first-order chi connectivity index (χ1) is 10.0. The molecular weight excluding hydrogens is 264 g/mol. The van der Waals surface area contributed by atoms with E-state index in [9.17, 15) is 4.79 Å². The van der Waals surface area contributed by atoms with Gasteiger partial charge in [-0.05, 0) is 62.8 Å². The SMILES string of the molecule is CCN(C)C=Nc1cc(C)c(C(=O)OCC2CC2)cc1C. The van der Waals surface area contributed by atoms with Crippen molar-refractivity contribution in [3.8, 4) is 0 Å². The molecule has 0 heterocycles. The van der Waals surface area contributed by atoms with Crippen molar-refractivity contribution < 1.29 is 9.53 Å². The van der Waals surface area contributed by atoms with Gasteiger partial charge in [0.15, 0.2) is 0 Å². The molecule has 1 aromatic carbocycles. The fourth-order valence-electron chi connectivity index (χ4n) is 1.96. The maximum atomic E-state index is 12.1. The predicted molar refractivity (Wildman–Crippen MR) is 85.4 cm³/mol. The Labute approximate surface area is 126 Å². The number of carbonyl (C=O) groups excluding carboxylic acids is 1. The fourth-order valence-corrected chi connectivity index (χ4v) is 1.96. The highest BCUT2D eigenvalue weighted by molar-refractivity contribution is 5.92. The van der Waals surface area contributed by atoms with E-state index in [0.717, 1.165) is 23.4 Å². The van der Waals surface area contributed by atoms with Gasteiger partial charge in [0.1, 0.15) is 0 Å². The molecule has 4 heteroatoms. The Balaban J connectivity index is 2.11. The summed E-state index contributed by atoms with van der Waals surface area (Å²) in [7, 11) is 1.98. The zero-order chi connectivity index (χ0) is 15.4. The van der Waals surface area contributed by atoms with Crippen molar-refractivity contribution in [3.05, 3.63) is 28.8 Å². The average Bonchev–Trinajstić information content (AvgIpc) is 3.29. The number of aliphatic imine (C=N–C) groups is 1. The first kappa shape index (κ1) is 15.5. The van der Waals surface area contributed by atoms with E-state index in [0.29, 0.717) is 18.1 Å². The number of esters is 1. The van der Waals surface area contributed by atoms with Crippen molar-refractivity contribution in [1.29, 1.82) is 0 Å². The van der Waals surface area contributed by atoms with E-state index in [1.165, 1.54) is 12.8 Å². The first-order valence-corrected chi connectivity index (χ1v) is 7.54. The Morgan fingerprint density at radius 1 is 1.38 bits per heavy atom. The number of carbonyl (C=O) groups is 1. The van der Waals surface area contributed by atoms with Gasteiger partial charge in [-0.15, -0.1) is 0 Å². The normalized spacial score (nSPS) is 14.5. The molecule has 1 saturated carbocycles. The van der Waals surface area contributed by atoms with E-state index in [4.69, 9.17) is 4.74 Å². The van der Waals surface area contributed by atoms with Gasteiger partial charge in [0.2, 0.25) is 0 Å². The number of ether oxygens (including phenoxy) is 1. The monoisotopic (exact) mass is 288 g/mol. The molecule has 4 nitrogen and oxygen atoms in total. The highest BCUT2D eigenvalue weighted by atomic mass is 16.5. The van der Waals surface area contributed by atoms with Gasteiger partial charge >= 0.3 is 5.97 Å². The molecule has 0 atom stereocenters. The van der Waals surface area contributed by atoms with Crippen LogP contribution in [0.25, 0.3) is 0 Å². The van der Waals surface area contributed by atoms with Crippen LogP contribution in [0.15, 0.2) is 17.1 Å². The lowest BCUT2D eigenvalue weighted by Gasteiger charge is -2.11. The highest BCUT2D eigenvalue weighted by Crippen LogP contribution is 2.29. The molecule has 114 valence electrons. The van der Waals surface area contributed by atoms with Crippen LogP contribution in [0.5, 0.6) is 0 Å². The van der Waals surface area contributed by atoms with Crippen LogP contribution in [0.4, 0.5) is 5.69 Å². The van der Waals surface area contributed by atoms with Gasteiger partial charge in [0, 0.05) is 13.6 Å². The Morgan fingerprint density at radius 3 is 2.71 bits per heavy atom. The van der Waals surface area contributed by atoms with Crippen molar-refractivity contribution >= 4 is 18.0 Å². The number of hydrogen-bond donors (Lipinski definition) is 0. The summed E-state index contributed by atoms with van der Waals surface area (Å²) < 4.78 is 5.36. The molecule has 0 N–H and O–H groups in total. The van der Waals surface area contributed by atoms with Crippen LogP contribution in [0.2, 0.25) is 0 Å². The molecule has 2 rings (SSSR count). The van der Waals surface area contributed by atoms with Gasteiger partial charge in [-0.2, -0.15) is 0 Å². The lowest BCUT2D eigenvalue weighted by Crippen LogP contribution is -2.14. The molecule has 0 bridgehead atoms. The van der Waals surface area contributed by atoms with Crippen LogP contribution in [0.1, 0.15) is 41.3 Å². The summed E-state index contributed by atoms with van der Waals surface area (Å²) in [6.07, 6.45) is 4.18. The molecule has 0 amide bonds. The third-order valence-corrected chi connectivity index (χ3v) is 3.80. The van der Waals surface area contributed by atoms with Crippen molar-refractivity contribution in [2.45, 2.75) is 33.6 Å². The van der Waals surface area contributed by atoms with E-state index < -0.39 is 0 Å². The fraction of sp³-hybridized carbons (Fsp3) is 0.529. The second-order valence-corrected chi connectivity index (χ2v) is 5.81. The van der Waals surface area contributed by atoms with E-state index in [1.54, 1.807) is 0 Å². The van der Waals surface area contributed by atoms with Crippen molar-refractivity contribution in [2.75, 3.05) is 20.2 Å². The number of hydrogen-bond acceptors (Lipinski definition) is 3. The summed E-state index contributed by atoms with van der Waals surface area (Å²) in [5.41, 5.74) is 3.44. The lowest BCUT2D eigenvalue weighted by molar-refractivity contribution is 0.0485. The second kappa shape index (κ2) is 6.74. The van der Waals surface area contributed by atoms with E-state index in [-0.39, 0.29) is 5.97 Å². The number of nitrogens with zero attached hydrogens (tertiary/aromatic N) is 2. The minimum Gasteiger partial charge on any atom is -0.462 e. The zero-order valence-electron chi connectivity index (χ0n) is 13.3. The second-order valence-electron chi connectivity index (χ2n) is 5.81. The molecule has 1 aliphatic carbocycles. The van der Waals surface area contributed by atoms with Crippen LogP contribution in [-0.4, -0.2) is 37.4 Å². The molecule has 1 aromatic rings. The van der Waals surface area contributed by atoms with E-state index >= 15 is 0 Å². The van der Waals surface area contributed by atoms with Crippen molar-refractivity contribution in [2.24, 2.45) is 10.9 Å². The van der Waals surface area contributed by atoms with Gasteiger partial charge < -0.3 is 9.64 Å². The summed E-state index contributed by atoms with van der Waals surface area (Å²) in [5, 5.41) is 0. The molecule has 0 aliphatic heterocycles. The Hall–Kier alpha value is -1.84. The van der Waals surface area contributed by atoms with Gasteiger partial charge in [-0.1, -0.05) is 0 Å². The minimum atomic E-state index is -0.219. The molecule has 0 radical (unpaired) electrons. The molecule has 1 aliphatic rings. The van der Waals surface area contributed by atoms with Crippen molar-refractivity contribution in [1.82, 2.24) is 4.90 Å². The van der Waals surface area contributed by atoms with Crippen LogP contribution >= 0.6 is 0 Å². The summed E-state index contributed by atoms with van der Waals surface area (Å²) in [6.45, 7) is 7.43. The van der Waals surface area contributed by atoms with Gasteiger partial charge in [0.05, 0.1) is 24.2 Å². The number of benzene rings is 1. The predicted octanol–water partition coefficient (Wildman–Crippen LogP) is 3.48. The Kier molecular flexibility index (Phi) is 4.99. The number of aryl methyl sites for hydroxylation is 2. The Morgan fingerprint density at radius 2 is 2.10 bits per heavy atom. The summed E-state index contributed by atoms with van der Waals surface area (Å²) in [4.78, 5) is 18.6. The molecule has 1 fully saturated rings. The third kappa shape index (κ3) is 4.31. The van der Waals surface area contributed by atoms with Gasteiger partial charge in [0.25, 0.3) is 0 Å². The molecule has 21 heavy (non-hydrogen) atoms. The first-order valence-electron chi connectivity index (χ1n) is 7.54. The van der Waals surface area contributed by atoms with Gasteiger partial charge in [-0.25, -0.2) is 9.79 Å². The zero-order valence-corrected chi connectivity index (χ0v) is 13.3. The third-order valence-electron chi connectivity index (χ3n) is 3.80. The van der Waals surface area contributed by atoms with Crippen LogP contribution < -0.4 is 0 Å². The smallest absolute Gasteiger partial charge is 0.338 e. The van der Waals surface area contributed by atoms with Crippen LogP contribution in [0, 0.1) is 19.8 Å². The topological polar surface area (TPSA) is 41.9 Å². The summed E-state index contributed by atoms with van der Waals surface area (Å²) in [6, 6.07) is 3.83. The van der Waals surface area contributed by atoms with Crippen LogP contribution in [0.3, 0.4) is 0 Å². The largest absolute Gasteiger partial charge is 0.462 e. The van der Waals surface area contributed by atoms with E-state index in [1.807, 2.05) is 44.3 Å². The standard InChI is InChI=1S/C17H24N2O2/c1-5-19(4)11-18-16-9-12(2)15(8-13(16)3)17(20)21-10-14-6-7-14/h8-9,11,14H,5-7,10H2,1-4H3. The van der Waals surface area contributed by atoms with Gasteiger partial charge in [-0.3, -0.25) is 0 Å². The average molecular weight is 288 g/mol. The number of rotatable bonds is 6. The van der Waals surface area contributed by atoms with Crippen LogP contribution in [-0.2, 0) is 4.74 Å². The molecule has 0 saturated heterocycles. The summed E-state index contributed by atoms with van der Waals surface area (Å²) in [5.74, 6) is 0.368. The molecule has 0 spiro atoms. The highest BCUT2D eigenvalue weighted by Gasteiger charge is 2.24. The van der Waals surface area contributed by atoms with E-state index in [2.05, 4.69) is 11.9 Å². The lowest BCUT2D eigenvalue weighted by atomic mass is 10.0. The summed E-state index contributed by atoms with van der Waals surface area (Å²) >= 11 is 0. The maximum Gasteiger partial charge on any atom is 0.338 e. The molecule has 0 unspecified atom stereocenters. The Bertz CT molecular complexity index is 548. The molecule has 0 aromatic heterocycles. The minimum absolute atomic E-state index is 0.219. The van der Waals surface area contributed by atoms with Crippen molar-refractivity contribution in [3.63, 3.8) is 0 Å². The maximum absolute atomic E-state index is 12.1.